The maximum absolute atomic E-state index is 12.2. The second-order valence-corrected chi connectivity index (χ2v) is 6.30. The van der Waals surface area contributed by atoms with E-state index in [0.717, 1.165) is 24.2 Å². The van der Waals surface area contributed by atoms with Crippen molar-refractivity contribution < 1.29 is 14.3 Å². The number of carbonyl (C=O) groups excluding carboxylic acids is 1. The van der Waals surface area contributed by atoms with Crippen molar-refractivity contribution in [2.24, 2.45) is 0 Å². The van der Waals surface area contributed by atoms with Crippen molar-refractivity contribution in [3.8, 4) is 5.75 Å². The third-order valence-corrected chi connectivity index (χ3v) is 3.72. The Balaban J connectivity index is 2.42. The topological polar surface area (TPSA) is 35.5 Å². The third kappa shape index (κ3) is 3.14. The molecule has 0 saturated carbocycles. The van der Waals surface area contributed by atoms with Gasteiger partial charge in [0.15, 0.2) is 0 Å². The van der Waals surface area contributed by atoms with Gasteiger partial charge >= 0.3 is 5.97 Å². The second-order valence-electron chi connectivity index (χ2n) is 6.30. The van der Waals surface area contributed by atoms with E-state index in [-0.39, 0.29) is 17.3 Å². The Bertz CT molecular complexity index is 485. The highest BCUT2D eigenvalue weighted by Crippen LogP contribution is 2.37. The first kappa shape index (κ1) is 14.9. The van der Waals surface area contributed by atoms with Crippen LogP contribution in [0.5, 0.6) is 5.75 Å². The largest absolute Gasteiger partial charge is 0.493 e. The standard InChI is InChI=1S/C17H24O3/c1-5-19-16(18)13-7-6-10-20-15-9-8-12(11-14(13)15)17(2,3)4/h8-9,11,13H,5-7,10H2,1-4H3. The Kier molecular flexibility index (Phi) is 4.36. The van der Waals surface area contributed by atoms with Crippen molar-refractivity contribution in [2.45, 2.75) is 51.9 Å². The zero-order valence-corrected chi connectivity index (χ0v) is 12.9. The second kappa shape index (κ2) is 5.86. The van der Waals surface area contributed by atoms with E-state index in [2.05, 4.69) is 32.9 Å². The molecule has 1 heterocycles. The van der Waals surface area contributed by atoms with Crippen LogP contribution in [0.15, 0.2) is 18.2 Å². The zero-order chi connectivity index (χ0) is 14.8. The number of benzene rings is 1. The summed E-state index contributed by atoms with van der Waals surface area (Å²) in [5.41, 5.74) is 2.25. The summed E-state index contributed by atoms with van der Waals surface area (Å²) >= 11 is 0. The lowest BCUT2D eigenvalue weighted by Gasteiger charge is -2.22. The van der Waals surface area contributed by atoms with Gasteiger partial charge in [-0.25, -0.2) is 0 Å². The van der Waals surface area contributed by atoms with E-state index in [0.29, 0.717) is 13.2 Å². The van der Waals surface area contributed by atoms with Gasteiger partial charge in [-0.3, -0.25) is 4.79 Å². The molecule has 1 aromatic carbocycles. The predicted octanol–water partition coefficient (Wildman–Crippen LogP) is 3.80. The average Bonchev–Trinajstić information content (AvgIpc) is 2.59. The first-order chi connectivity index (χ1) is 9.43. The van der Waals surface area contributed by atoms with E-state index < -0.39 is 0 Å². The minimum Gasteiger partial charge on any atom is -0.493 e. The van der Waals surface area contributed by atoms with Gasteiger partial charge in [-0.15, -0.1) is 0 Å². The Morgan fingerprint density at radius 1 is 1.40 bits per heavy atom. The molecule has 0 amide bonds. The number of carbonyl (C=O) groups is 1. The van der Waals surface area contributed by atoms with Crippen LogP contribution in [-0.4, -0.2) is 19.2 Å². The molecule has 20 heavy (non-hydrogen) atoms. The molecule has 0 fully saturated rings. The average molecular weight is 276 g/mol. The summed E-state index contributed by atoms with van der Waals surface area (Å²) in [5, 5.41) is 0. The van der Waals surface area contributed by atoms with E-state index in [1.807, 2.05) is 13.0 Å². The molecule has 2 rings (SSSR count). The summed E-state index contributed by atoms with van der Waals surface area (Å²) in [6.45, 7) is 9.45. The zero-order valence-electron chi connectivity index (χ0n) is 12.9. The molecule has 0 radical (unpaired) electrons. The summed E-state index contributed by atoms with van der Waals surface area (Å²) in [6.07, 6.45) is 1.67. The van der Waals surface area contributed by atoms with Crippen LogP contribution in [0.3, 0.4) is 0 Å². The molecule has 0 N–H and O–H groups in total. The lowest BCUT2D eigenvalue weighted by molar-refractivity contribution is -0.145. The number of hydrogen-bond acceptors (Lipinski definition) is 3. The number of ether oxygens (including phenoxy) is 2. The van der Waals surface area contributed by atoms with Gasteiger partial charge in [-0.1, -0.05) is 32.9 Å². The van der Waals surface area contributed by atoms with Crippen molar-refractivity contribution in [1.29, 1.82) is 0 Å². The van der Waals surface area contributed by atoms with Gasteiger partial charge in [0.1, 0.15) is 5.75 Å². The molecule has 0 spiro atoms. The van der Waals surface area contributed by atoms with Crippen molar-refractivity contribution in [3.05, 3.63) is 29.3 Å². The summed E-state index contributed by atoms with van der Waals surface area (Å²) in [5.74, 6) is 0.494. The molecule has 0 aliphatic carbocycles. The fraction of sp³-hybridized carbons (Fsp3) is 0.588. The summed E-state index contributed by atoms with van der Waals surface area (Å²) in [7, 11) is 0. The molecule has 110 valence electrons. The van der Waals surface area contributed by atoms with Crippen LogP contribution in [0.25, 0.3) is 0 Å². The Labute approximate surface area is 121 Å². The predicted molar refractivity (Wildman–Crippen MR) is 79.2 cm³/mol. The normalized spacial score (nSPS) is 18.7. The molecule has 3 heteroatoms. The van der Waals surface area contributed by atoms with Crippen LogP contribution in [-0.2, 0) is 14.9 Å². The summed E-state index contributed by atoms with van der Waals surface area (Å²) in [6, 6.07) is 6.20. The quantitative estimate of drug-likeness (QED) is 0.771. The molecule has 0 saturated heterocycles. The fourth-order valence-corrected chi connectivity index (χ4v) is 2.53. The van der Waals surface area contributed by atoms with Gasteiger partial charge < -0.3 is 9.47 Å². The Morgan fingerprint density at radius 2 is 2.15 bits per heavy atom. The van der Waals surface area contributed by atoms with Crippen LogP contribution in [0.2, 0.25) is 0 Å². The van der Waals surface area contributed by atoms with Crippen LogP contribution >= 0.6 is 0 Å². The van der Waals surface area contributed by atoms with Crippen molar-refractivity contribution >= 4 is 5.97 Å². The first-order valence-electron chi connectivity index (χ1n) is 7.37. The van der Waals surface area contributed by atoms with Gasteiger partial charge in [0.05, 0.1) is 19.1 Å². The smallest absolute Gasteiger partial charge is 0.313 e. The lowest BCUT2D eigenvalue weighted by atomic mass is 9.83. The maximum atomic E-state index is 12.2. The number of esters is 1. The number of hydrogen-bond donors (Lipinski definition) is 0. The Hall–Kier alpha value is -1.51. The molecule has 1 aliphatic heterocycles. The van der Waals surface area contributed by atoms with Crippen LogP contribution in [0, 0.1) is 0 Å². The van der Waals surface area contributed by atoms with E-state index >= 15 is 0 Å². The highest BCUT2D eigenvalue weighted by atomic mass is 16.5. The molecule has 1 aromatic rings. The van der Waals surface area contributed by atoms with Crippen molar-refractivity contribution in [1.82, 2.24) is 0 Å². The molecule has 1 atom stereocenters. The van der Waals surface area contributed by atoms with Gasteiger partial charge in [-0.05, 0) is 36.8 Å². The van der Waals surface area contributed by atoms with Gasteiger partial charge in [-0.2, -0.15) is 0 Å². The SMILES string of the molecule is CCOC(=O)C1CCCOc2ccc(C(C)(C)C)cc21. The van der Waals surface area contributed by atoms with Crippen LogP contribution < -0.4 is 4.74 Å². The van der Waals surface area contributed by atoms with Crippen molar-refractivity contribution in [2.75, 3.05) is 13.2 Å². The summed E-state index contributed by atoms with van der Waals surface area (Å²) < 4.78 is 11.0. The Morgan fingerprint density at radius 3 is 2.80 bits per heavy atom. The molecular formula is C17H24O3. The van der Waals surface area contributed by atoms with E-state index in [9.17, 15) is 4.79 Å². The monoisotopic (exact) mass is 276 g/mol. The molecular weight excluding hydrogens is 252 g/mol. The maximum Gasteiger partial charge on any atom is 0.313 e. The molecule has 3 nitrogen and oxygen atoms in total. The third-order valence-electron chi connectivity index (χ3n) is 3.72. The minimum atomic E-state index is -0.199. The molecule has 0 aromatic heterocycles. The number of rotatable bonds is 2. The van der Waals surface area contributed by atoms with E-state index in [1.54, 1.807) is 0 Å². The van der Waals surface area contributed by atoms with Crippen LogP contribution in [0.4, 0.5) is 0 Å². The van der Waals surface area contributed by atoms with E-state index in [4.69, 9.17) is 9.47 Å². The molecule has 1 aliphatic rings. The van der Waals surface area contributed by atoms with Crippen LogP contribution in [0.1, 0.15) is 57.6 Å². The lowest BCUT2D eigenvalue weighted by Crippen LogP contribution is -2.17. The fourth-order valence-electron chi connectivity index (χ4n) is 2.53. The van der Waals surface area contributed by atoms with Gasteiger partial charge in [0.25, 0.3) is 0 Å². The first-order valence-corrected chi connectivity index (χ1v) is 7.37. The molecule has 0 bridgehead atoms. The highest BCUT2D eigenvalue weighted by molar-refractivity contribution is 5.79. The van der Waals surface area contributed by atoms with E-state index in [1.165, 1.54) is 5.56 Å². The number of fused-ring (bicyclic) bond motifs is 1. The van der Waals surface area contributed by atoms with Gasteiger partial charge in [0.2, 0.25) is 0 Å². The van der Waals surface area contributed by atoms with Crippen molar-refractivity contribution in [3.63, 3.8) is 0 Å². The summed E-state index contributed by atoms with van der Waals surface area (Å²) in [4.78, 5) is 12.2. The van der Waals surface area contributed by atoms with Gasteiger partial charge in [0, 0.05) is 5.56 Å². The minimum absolute atomic E-state index is 0.0561. The molecule has 1 unspecified atom stereocenters. The highest BCUT2D eigenvalue weighted by Gasteiger charge is 2.28.